The average molecular weight is 370 g/mol. The molecule has 1 amide bonds. The zero-order chi connectivity index (χ0) is 18.3. The van der Waals surface area contributed by atoms with Crippen LogP contribution in [0.2, 0.25) is 5.02 Å². The minimum absolute atomic E-state index is 0.0803. The molecular formula is C19H13ClFN3O2. The first kappa shape index (κ1) is 16.5. The molecule has 3 aromatic rings. The molecule has 0 fully saturated rings. The van der Waals surface area contributed by atoms with E-state index >= 15 is 0 Å². The molecule has 1 aliphatic heterocycles. The maximum atomic E-state index is 14.4. The summed E-state index contributed by atoms with van der Waals surface area (Å²) in [6.45, 7) is 0. The largest absolute Gasteiger partial charge is 0.310 e. The fourth-order valence-electron chi connectivity index (χ4n) is 3.19. The van der Waals surface area contributed by atoms with Crippen molar-refractivity contribution >= 4 is 23.3 Å². The Labute approximate surface area is 152 Å². The summed E-state index contributed by atoms with van der Waals surface area (Å²) in [4.78, 5) is 32.0. The van der Waals surface area contributed by atoms with Gasteiger partial charge in [-0.05, 0) is 12.1 Å². The predicted molar refractivity (Wildman–Crippen MR) is 96.8 cm³/mol. The molecule has 0 saturated heterocycles. The third kappa shape index (κ3) is 2.78. The summed E-state index contributed by atoms with van der Waals surface area (Å²) < 4.78 is 14.4. The van der Waals surface area contributed by atoms with E-state index in [2.05, 4.69) is 15.3 Å². The van der Waals surface area contributed by atoms with E-state index in [9.17, 15) is 14.0 Å². The van der Waals surface area contributed by atoms with Crippen molar-refractivity contribution < 1.29 is 9.18 Å². The number of nitrogens with zero attached hydrogens (tertiary/aromatic N) is 1. The van der Waals surface area contributed by atoms with Crippen LogP contribution < -0.4 is 10.9 Å². The molecule has 4 rings (SSSR count). The van der Waals surface area contributed by atoms with Crippen LogP contribution in [0.3, 0.4) is 0 Å². The highest BCUT2D eigenvalue weighted by molar-refractivity contribution is 6.31. The molecule has 1 aromatic heterocycles. The van der Waals surface area contributed by atoms with Gasteiger partial charge in [0.1, 0.15) is 17.5 Å². The molecule has 0 aliphatic carbocycles. The third-order valence-electron chi connectivity index (χ3n) is 4.35. The lowest BCUT2D eigenvalue weighted by Crippen LogP contribution is -2.31. The van der Waals surface area contributed by atoms with Gasteiger partial charge in [0, 0.05) is 28.5 Å². The smallest absolute Gasteiger partial charge is 0.257 e. The Kier molecular flexibility index (Phi) is 4.05. The number of hydrogen-bond donors (Lipinski definition) is 2. The van der Waals surface area contributed by atoms with E-state index < -0.39 is 17.3 Å². The summed E-state index contributed by atoms with van der Waals surface area (Å²) in [7, 11) is 0. The van der Waals surface area contributed by atoms with E-state index in [4.69, 9.17) is 11.6 Å². The Balaban J connectivity index is 1.91. The van der Waals surface area contributed by atoms with Gasteiger partial charge < -0.3 is 10.3 Å². The van der Waals surface area contributed by atoms with Gasteiger partial charge in [-0.1, -0.05) is 48.0 Å². The van der Waals surface area contributed by atoms with Crippen LogP contribution in [0, 0.1) is 5.82 Å². The lowest BCUT2D eigenvalue weighted by Gasteiger charge is -2.25. The molecule has 2 N–H and O–H groups in total. The molecule has 130 valence electrons. The predicted octanol–water partition coefficient (Wildman–Crippen LogP) is 3.70. The van der Waals surface area contributed by atoms with Crippen LogP contribution in [0.4, 0.5) is 10.2 Å². The molecule has 0 bridgehead atoms. The highest BCUT2D eigenvalue weighted by atomic mass is 35.5. The van der Waals surface area contributed by atoms with Crippen molar-refractivity contribution in [3.8, 4) is 11.4 Å². The minimum atomic E-state index is -0.798. The normalized spacial score (nSPS) is 16.1. The van der Waals surface area contributed by atoms with Gasteiger partial charge in [-0.25, -0.2) is 9.37 Å². The zero-order valence-corrected chi connectivity index (χ0v) is 14.2. The first-order valence-corrected chi connectivity index (χ1v) is 8.36. The third-order valence-corrected chi connectivity index (χ3v) is 4.68. The fraction of sp³-hybridized carbons (Fsp3) is 0.105. The summed E-state index contributed by atoms with van der Waals surface area (Å²) in [6, 6.07) is 13.3. The van der Waals surface area contributed by atoms with Gasteiger partial charge in [-0.15, -0.1) is 0 Å². The number of aromatic nitrogens is 2. The molecule has 0 radical (unpaired) electrons. The van der Waals surface area contributed by atoms with E-state index in [0.717, 1.165) is 0 Å². The van der Waals surface area contributed by atoms with E-state index in [1.165, 1.54) is 18.2 Å². The number of benzene rings is 2. The van der Waals surface area contributed by atoms with Crippen molar-refractivity contribution in [3.05, 3.63) is 80.9 Å². The minimum Gasteiger partial charge on any atom is -0.310 e. The maximum absolute atomic E-state index is 14.4. The Morgan fingerprint density at radius 1 is 1.04 bits per heavy atom. The number of anilines is 1. The SMILES string of the molecule is O=C1CC(c2c(F)cccc2Cl)c2c(nc(-c3ccccc3)[nH]c2=O)N1. The zero-order valence-electron chi connectivity index (χ0n) is 13.4. The quantitative estimate of drug-likeness (QED) is 0.723. The molecule has 26 heavy (non-hydrogen) atoms. The molecular weight excluding hydrogens is 357 g/mol. The van der Waals surface area contributed by atoms with Crippen molar-refractivity contribution in [2.45, 2.75) is 12.3 Å². The van der Waals surface area contributed by atoms with Gasteiger partial charge in [0.2, 0.25) is 5.91 Å². The van der Waals surface area contributed by atoms with Gasteiger partial charge in [0.25, 0.3) is 5.56 Å². The van der Waals surface area contributed by atoms with Crippen molar-refractivity contribution in [1.29, 1.82) is 0 Å². The van der Waals surface area contributed by atoms with Gasteiger partial charge in [-0.3, -0.25) is 9.59 Å². The van der Waals surface area contributed by atoms with E-state index in [1.54, 1.807) is 12.1 Å². The summed E-state index contributed by atoms with van der Waals surface area (Å²) in [5.41, 5.74) is 0.604. The number of nitrogens with one attached hydrogen (secondary N) is 2. The summed E-state index contributed by atoms with van der Waals surface area (Å²) in [5, 5.41) is 2.78. The topological polar surface area (TPSA) is 74.8 Å². The fourth-order valence-corrected chi connectivity index (χ4v) is 3.49. The lowest BCUT2D eigenvalue weighted by atomic mass is 9.86. The van der Waals surface area contributed by atoms with Gasteiger partial charge in [0.15, 0.2) is 0 Å². The summed E-state index contributed by atoms with van der Waals surface area (Å²) in [5.74, 6) is -1.25. The molecule has 1 aliphatic rings. The van der Waals surface area contributed by atoms with Crippen LogP contribution in [0.25, 0.3) is 11.4 Å². The first-order valence-electron chi connectivity index (χ1n) is 7.98. The molecule has 0 saturated carbocycles. The van der Waals surface area contributed by atoms with Gasteiger partial charge in [0.05, 0.1) is 5.56 Å². The number of halogens is 2. The summed E-state index contributed by atoms with van der Waals surface area (Å²) >= 11 is 6.15. The first-order chi connectivity index (χ1) is 12.5. The lowest BCUT2D eigenvalue weighted by molar-refractivity contribution is -0.116. The molecule has 1 atom stereocenters. The van der Waals surface area contributed by atoms with Crippen LogP contribution in [-0.2, 0) is 4.79 Å². The number of rotatable bonds is 2. The number of fused-ring (bicyclic) bond motifs is 1. The highest BCUT2D eigenvalue weighted by Crippen LogP contribution is 2.38. The number of aromatic amines is 1. The van der Waals surface area contributed by atoms with Crippen LogP contribution in [0.1, 0.15) is 23.5 Å². The van der Waals surface area contributed by atoms with Crippen molar-refractivity contribution in [2.75, 3.05) is 5.32 Å². The molecule has 2 heterocycles. The Hall–Kier alpha value is -2.99. The number of H-pyrrole nitrogens is 1. The van der Waals surface area contributed by atoms with Crippen LogP contribution >= 0.6 is 11.6 Å². The number of hydrogen-bond acceptors (Lipinski definition) is 3. The van der Waals surface area contributed by atoms with Crippen molar-refractivity contribution in [1.82, 2.24) is 9.97 Å². The average Bonchev–Trinajstić information content (AvgIpc) is 2.61. The standard InChI is InChI=1S/C19H13ClFN3O2/c20-12-7-4-8-13(21)15(12)11-9-14(25)22-18-16(11)19(26)24-17(23-18)10-5-2-1-3-6-10/h1-8,11H,9H2,(H2,22,23,24,25,26). The van der Waals surface area contributed by atoms with Crippen LogP contribution in [0.5, 0.6) is 0 Å². The maximum Gasteiger partial charge on any atom is 0.257 e. The number of carbonyl (C=O) groups excluding carboxylic acids is 1. The van der Waals surface area contributed by atoms with Crippen LogP contribution in [0.15, 0.2) is 53.3 Å². The number of amides is 1. The Bertz CT molecular complexity index is 1050. The molecule has 5 nitrogen and oxygen atoms in total. The number of carbonyl (C=O) groups is 1. The second kappa shape index (κ2) is 6.38. The molecule has 7 heteroatoms. The monoisotopic (exact) mass is 369 g/mol. The molecule has 1 unspecified atom stereocenters. The van der Waals surface area contributed by atoms with Gasteiger partial charge in [-0.2, -0.15) is 0 Å². The summed E-state index contributed by atoms with van der Waals surface area (Å²) in [6.07, 6.45) is -0.0803. The second-order valence-electron chi connectivity index (χ2n) is 5.98. The van der Waals surface area contributed by atoms with Gasteiger partial charge >= 0.3 is 0 Å². The molecule has 0 spiro atoms. The van der Waals surface area contributed by atoms with Crippen LogP contribution in [-0.4, -0.2) is 15.9 Å². The molecule has 2 aromatic carbocycles. The van der Waals surface area contributed by atoms with Crippen molar-refractivity contribution in [2.24, 2.45) is 0 Å². The second-order valence-corrected chi connectivity index (χ2v) is 6.39. The van der Waals surface area contributed by atoms with E-state index in [1.807, 2.05) is 18.2 Å². The Morgan fingerprint density at radius 2 is 1.81 bits per heavy atom. The highest BCUT2D eigenvalue weighted by Gasteiger charge is 2.33. The van der Waals surface area contributed by atoms with E-state index in [-0.39, 0.29) is 34.3 Å². The van der Waals surface area contributed by atoms with Crippen molar-refractivity contribution in [3.63, 3.8) is 0 Å². The van der Waals surface area contributed by atoms with E-state index in [0.29, 0.717) is 11.4 Å². The Morgan fingerprint density at radius 3 is 2.54 bits per heavy atom.